The smallest absolute Gasteiger partial charge is 0.271 e. The first-order valence-corrected chi connectivity index (χ1v) is 11.5. The number of hydrogen-bond donors (Lipinski definition) is 1. The van der Waals surface area contributed by atoms with Crippen LogP contribution in [0.2, 0.25) is 0 Å². The number of thioether (sulfide) groups is 1. The van der Waals surface area contributed by atoms with Gasteiger partial charge in [-0.2, -0.15) is 5.26 Å². The Hall–Kier alpha value is -2.92. The zero-order valence-electron chi connectivity index (χ0n) is 19.1. The van der Waals surface area contributed by atoms with Crippen molar-refractivity contribution in [1.82, 2.24) is 4.98 Å². The molecule has 1 aromatic heterocycles. The van der Waals surface area contributed by atoms with Crippen LogP contribution in [0.1, 0.15) is 56.5 Å². The number of benzene rings is 1. The Labute approximate surface area is 192 Å². The third-order valence-corrected chi connectivity index (χ3v) is 7.15. The molecule has 2 aromatic rings. The van der Waals surface area contributed by atoms with Gasteiger partial charge in [0.05, 0.1) is 21.4 Å². The number of nitro groups is 1. The second kappa shape index (κ2) is 9.29. The lowest BCUT2D eigenvalue weighted by atomic mass is 9.71. The molecule has 0 saturated carbocycles. The van der Waals surface area contributed by atoms with Gasteiger partial charge in [-0.05, 0) is 61.6 Å². The molecule has 0 saturated heterocycles. The Bertz CT molecular complexity index is 1100. The molecule has 0 fully saturated rings. The molecule has 1 aliphatic rings. The number of hydrogen-bond acceptors (Lipinski definition) is 6. The molecule has 2 unspecified atom stereocenters. The fraction of sp³-hybridized carbons (Fsp3) is 0.458. The zero-order chi connectivity index (χ0) is 23.6. The van der Waals surface area contributed by atoms with Crippen molar-refractivity contribution in [3.05, 3.63) is 56.8 Å². The highest BCUT2D eigenvalue weighted by atomic mass is 32.2. The third kappa shape index (κ3) is 5.28. The van der Waals surface area contributed by atoms with Gasteiger partial charge in [-0.1, -0.05) is 38.6 Å². The average molecular weight is 453 g/mol. The van der Waals surface area contributed by atoms with Crippen LogP contribution in [0.25, 0.3) is 0 Å². The van der Waals surface area contributed by atoms with Gasteiger partial charge < -0.3 is 5.32 Å². The van der Waals surface area contributed by atoms with Gasteiger partial charge in [0, 0.05) is 17.8 Å². The number of nitriles is 1. The number of carbonyl (C=O) groups excluding carboxylic acids is 1. The normalized spacial score (nSPS) is 16.6. The summed E-state index contributed by atoms with van der Waals surface area (Å²) in [6, 6.07) is 8.53. The van der Waals surface area contributed by atoms with Gasteiger partial charge >= 0.3 is 0 Å². The standard InChI is InChI=1S/C24H28N4O3S/c1-14-6-8-19(28(30)31)12-21(14)26-22(29)15(2)32-23-17(13-25)10-16-11-18(24(3,4)5)7-9-20(16)27-23/h6,8,10,12,15,18H,7,9,11H2,1-5H3,(H,26,29). The Morgan fingerprint density at radius 2 is 2.09 bits per heavy atom. The largest absolute Gasteiger partial charge is 0.325 e. The first-order valence-electron chi connectivity index (χ1n) is 10.6. The van der Waals surface area contributed by atoms with Crippen molar-refractivity contribution in [1.29, 1.82) is 5.26 Å². The summed E-state index contributed by atoms with van der Waals surface area (Å²) in [6.45, 7) is 10.3. The number of amides is 1. The summed E-state index contributed by atoms with van der Waals surface area (Å²) >= 11 is 1.24. The molecular formula is C24H28N4O3S. The highest BCUT2D eigenvalue weighted by Gasteiger charge is 2.30. The number of aromatic nitrogens is 1. The van der Waals surface area contributed by atoms with E-state index in [1.807, 2.05) is 6.07 Å². The Kier molecular flexibility index (Phi) is 6.89. The first kappa shape index (κ1) is 23.7. The zero-order valence-corrected chi connectivity index (χ0v) is 19.9. The number of nitrogens with zero attached hydrogens (tertiary/aromatic N) is 3. The summed E-state index contributed by atoms with van der Waals surface area (Å²) in [4.78, 5) is 28.1. The minimum absolute atomic E-state index is 0.0807. The molecule has 1 N–H and O–H groups in total. The van der Waals surface area contributed by atoms with E-state index >= 15 is 0 Å². The number of nitro benzene ring substituents is 1. The van der Waals surface area contributed by atoms with Crippen LogP contribution >= 0.6 is 11.8 Å². The van der Waals surface area contributed by atoms with Crippen LogP contribution in [0.3, 0.4) is 0 Å². The first-order chi connectivity index (χ1) is 15.0. The average Bonchev–Trinajstić information content (AvgIpc) is 2.73. The minimum Gasteiger partial charge on any atom is -0.325 e. The van der Waals surface area contributed by atoms with Gasteiger partial charge in [0.25, 0.3) is 5.69 Å². The van der Waals surface area contributed by atoms with E-state index < -0.39 is 10.2 Å². The molecule has 1 amide bonds. The van der Waals surface area contributed by atoms with Gasteiger partial charge in [0.1, 0.15) is 11.1 Å². The summed E-state index contributed by atoms with van der Waals surface area (Å²) in [5, 5.41) is 23.5. The van der Waals surface area contributed by atoms with Crippen LogP contribution < -0.4 is 5.32 Å². The van der Waals surface area contributed by atoms with Gasteiger partial charge in [0.2, 0.25) is 5.91 Å². The van der Waals surface area contributed by atoms with E-state index in [9.17, 15) is 20.2 Å². The van der Waals surface area contributed by atoms with E-state index in [0.29, 0.717) is 22.2 Å². The lowest BCUT2D eigenvalue weighted by Crippen LogP contribution is -2.28. The molecule has 1 aromatic carbocycles. The van der Waals surface area contributed by atoms with E-state index in [1.54, 1.807) is 19.9 Å². The van der Waals surface area contributed by atoms with E-state index in [4.69, 9.17) is 4.98 Å². The predicted molar refractivity (Wildman–Crippen MR) is 126 cm³/mol. The molecule has 2 atom stereocenters. The number of aryl methyl sites for hydroxylation is 2. The number of pyridine rings is 1. The van der Waals surface area contributed by atoms with Crippen molar-refractivity contribution in [2.45, 2.75) is 64.2 Å². The van der Waals surface area contributed by atoms with Crippen molar-refractivity contribution >= 4 is 29.0 Å². The van der Waals surface area contributed by atoms with E-state index in [2.05, 4.69) is 32.2 Å². The second-order valence-electron chi connectivity index (χ2n) is 9.37. The number of anilines is 1. The Morgan fingerprint density at radius 3 is 2.72 bits per heavy atom. The van der Waals surface area contributed by atoms with Gasteiger partial charge in [-0.25, -0.2) is 4.98 Å². The molecule has 1 heterocycles. The molecule has 3 rings (SSSR count). The maximum atomic E-state index is 12.8. The van der Waals surface area contributed by atoms with Gasteiger partial charge in [-0.3, -0.25) is 14.9 Å². The van der Waals surface area contributed by atoms with E-state index in [1.165, 1.54) is 23.9 Å². The van der Waals surface area contributed by atoms with Crippen LogP contribution in [0.15, 0.2) is 29.3 Å². The van der Waals surface area contributed by atoms with Crippen molar-refractivity contribution in [3.63, 3.8) is 0 Å². The summed E-state index contributed by atoms with van der Waals surface area (Å²) in [6.07, 6.45) is 2.83. The van der Waals surface area contributed by atoms with Crippen LogP contribution in [0, 0.1) is 39.7 Å². The SMILES string of the molecule is Cc1ccc([N+](=O)[O-])cc1NC(=O)C(C)Sc1nc2c(cc1C#N)CC(C(C)(C)C)CC2. The number of non-ortho nitro benzene ring substituents is 1. The highest BCUT2D eigenvalue weighted by molar-refractivity contribution is 8.00. The number of nitrogens with one attached hydrogen (secondary N) is 1. The third-order valence-electron chi connectivity index (χ3n) is 6.04. The van der Waals surface area contributed by atoms with E-state index in [0.717, 1.165) is 36.1 Å². The number of rotatable bonds is 5. The predicted octanol–water partition coefficient (Wildman–Crippen LogP) is 5.44. The number of carbonyl (C=O) groups is 1. The molecule has 0 spiro atoms. The van der Waals surface area contributed by atoms with Crippen molar-refractivity contribution in [2.24, 2.45) is 11.3 Å². The van der Waals surface area contributed by atoms with Crippen LogP contribution in [-0.4, -0.2) is 21.1 Å². The van der Waals surface area contributed by atoms with Gasteiger partial charge in [-0.15, -0.1) is 0 Å². The minimum atomic E-state index is -0.530. The van der Waals surface area contributed by atoms with Crippen LogP contribution in [0.5, 0.6) is 0 Å². The summed E-state index contributed by atoms with van der Waals surface area (Å²) in [7, 11) is 0. The molecule has 0 radical (unpaired) electrons. The lowest BCUT2D eigenvalue weighted by molar-refractivity contribution is -0.384. The van der Waals surface area contributed by atoms with Crippen molar-refractivity contribution < 1.29 is 9.72 Å². The summed E-state index contributed by atoms with van der Waals surface area (Å²) in [5.41, 5.74) is 3.88. The fourth-order valence-electron chi connectivity index (χ4n) is 3.87. The quantitative estimate of drug-likeness (QED) is 0.367. The molecule has 8 heteroatoms. The topological polar surface area (TPSA) is 109 Å². The number of fused-ring (bicyclic) bond motifs is 1. The monoisotopic (exact) mass is 452 g/mol. The molecule has 32 heavy (non-hydrogen) atoms. The van der Waals surface area contributed by atoms with Crippen molar-refractivity contribution in [3.8, 4) is 6.07 Å². The molecule has 7 nitrogen and oxygen atoms in total. The summed E-state index contributed by atoms with van der Waals surface area (Å²) in [5.74, 6) is 0.250. The fourth-order valence-corrected chi connectivity index (χ4v) is 4.76. The summed E-state index contributed by atoms with van der Waals surface area (Å²) < 4.78 is 0. The lowest BCUT2D eigenvalue weighted by Gasteiger charge is -2.34. The Balaban J connectivity index is 1.77. The maximum Gasteiger partial charge on any atom is 0.271 e. The van der Waals surface area contributed by atoms with E-state index in [-0.39, 0.29) is 17.0 Å². The van der Waals surface area contributed by atoms with Crippen molar-refractivity contribution in [2.75, 3.05) is 5.32 Å². The van der Waals surface area contributed by atoms with Crippen LogP contribution in [-0.2, 0) is 17.6 Å². The molecule has 168 valence electrons. The highest BCUT2D eigenvalue weighted by Crippen LogP contribution is 2.38. The molecular weight excluding hydrogens is 424 g/mol. The van der Waals surface area contributed by atoms with Crippen LogP contribution in [0.4, 0.5) is 11.4 Å². The second-order valence-corrected chi connectivity index (χ2v) is 10.7. The molecule has 1 aliphatic carbocycles. The maximum absolute atomic E-state index is 12.8. The Morgan fingerprint density at radius 1 is 1.38 bits per heavy atom. The van der Waals surface area contributed by atoms with Gasteiger partial charge in [0.15, 0.2) is 0 Å². The molecule has 0 bridgehead atoms. The molecule has 0 aliphatic heterocycles.